The number of anilines is 1. The van der Waals surface area contributed by atoms with Crippen molar-refractivity contribution in [3.63, 3.8) is 0 Å². The van der Waals surface area contributed by atoms with Crippen LogP contribution in [-0.4, -0.2) is 36.1 Å². The highest BCUT2D eigenvalue weighted by molar-refractivity contribution is 6.04. The second-order valence-electron chi connectivity index (χ2n) is 6.01. The molecule has 0 unspecified atom stereocenters. The summed E-state index contributed by atoms with van der Waals surface area (Å²) < 4.78 is 37.8. The summed E-state index contributed by atoms with van der Waals surface area (Å²) in [6, 6.07) is 9.51. The molecule has 0 saturated carbocycles. The highest BCUT2D eigenvalue weighted by atomic mass is 19.1. The van der Waals surface area contributed by atoms with Crippen LogP contribution in [0.4, 0.5) is 14.5 Å². The standard InChI is InChI=1S/C20H16F2N2O5/c1-28-20(27)14-9-24(17-5-3-2-4-13(14)17)10-19(26)29-11-18(25)23-16-8-12(21)6-7-15(16)22/h2-9H,10-11H2,1H3,(H,23,25). The predicted molar refractivity (Wildman–Crippen MR) is 99.2 cm³/mol. The maximum Gasteiger partial charge on any atom is 0.340 e. The summed E-state index contributed by atoms with van der Waals surface area (Å²) in [6.45, 7) is -0.947. The molecule has 3 rings (SSSR count). The van der Waals surface area contributed by atoms with Gasteiger partial charge in [-0.2, -0.15) is 0 Å². The van der Waals surface area contributed by atoms with Gasteiger partial charge in [-0.1, -0.05) is 18.2 Å². The minimum absolute atomic E-state index is 0.265. The third-order valence-corrected chi connectivity index (χ3v) is 4.06. The first-order valence-electron chi connectivity index (χ1n) is 8.45. The first-order chi connectivity index (χ1) is 13.9. The van der Waals surface area contributed by atoms with E-state index < -0.39 is 36.1 Å². The number of aromatic nitrogens is 1. The van der Waals surface area contributed by atoms with E-state index in [-0.39, 0.29) is 17.8 Å². The summed E-state index contributed by atoms with van der Waals surface area (Å²) in [5, 5.41) is 2.73. The van der Waals surface area contributed by atoms with Gasteiger partial charge in [-0.15, -0.1) is 0 Å². The SMILES string of the molecule is COC(=O)c1cn(CC(=O)OCC(=O)Nc2cc(F)ccc2F)c2ccccc12. The van der Waals surface area contributed by atoms with E-state index in [0.717, 1.165) is 18.2 Å². The normalized spacial score (nSPS) is 10.6. The number of hydrogen-bond acceptors (Lipinski definition) is 5. The smallest absolute Gasteiger partial charge is 0.340 e. The van der Waals surface area contributed by atoms with Crippen molar-refractivity contribution in [2.75, 3.05) is 19.0 Å². The molecule has 9 heteroatoms. The number of carbonyl (C=O) groups is 3. The Morgan fingerprint density at radius 3 is 2.62 bits per heavy atom. The van der Waals surface area contributed by atoms with Crippen LogP contribution in [0.5, 0.6) is 0 Å². The second kappa shape index (κ2) is 8.51. The highest BCUT2D eigenvalue weighted by Gasteiger charge is 2.17. The molecule has 0 atom stereocenters. The Morgan fingerprint density at radius 1 is 1.10 bits per heavy atom. The summed E-state index contributed by atoms with van der Waals surface area (Å²) in [5.74, 6) is -3.67. The molecule has 0 aliphatic rings. The van der Waals surface area contributed by atoms with E-state index in [9.17, 15) is 23.2 Å². The molecule has 29 heavy (non-hydrogen) atoms. The van der Waals surface area contributed by atoms with Gasteiger partial charge >= 0.3 is 11.9 Å². The summed E-state index contributed by atoms with van der Waals surface area (Å²) in [6.07, 6.45) is 1.46. The molecule has 0 aliphatic heterocycles. The Balaban J connectivity index is 1.64. The van der Waals surface area contributed by atoms with Crippen LogP contribution >= 0.6 is 0 Å². The molecule has 0 spiro atoms. The number of nitrogens with one attached hydrogen (secondary N) is 1. The van der Waals surface area contributed by atoms with Gasteiger partial charge in [0, 0.05) is 23.2 Å². The first kappa shape index (κ1) is 20.0. The number of nitrogens with zero attached hydrogens (tertiary/aromatic N) is 1. The Hall–Kier alpha value is -3.75. The van der Waals surface area contributed by atoms with E-state index in [1.807, 2.05) is 0 Å². The van der Waals surface area contributed by atoms with Gasteiger partial charge < -0.3 is 19.4 Å². The number of para-hydroxylation sites is 1. The van der Waals surface area contributed by atoms with Crippen molar-refractivity contribution in [1.29, 1.82) is 0 Å². The molecule has 0 radical (unpaired) electrons. The minimum Gasteiger partial charge on any atom is -0.465 e. The van der Waals surface area contributed by atoms with E-state index >= 15 is 0 Å². The van der Waals surface area contributed by atoms with Crippen molar-refractivity contribution in [2.45, 2.75) is 6.54 Å². The van der Waals surface area contributed by atoms with Crippen molar-refractivity contribution in [3.8, 4) is 0 Å². The molecular formula is C20H16F2N2O5. The fourth-order valence-corrected chi connectivity index (χ4v) is 2.76. The number of amides is 1. The van der Waals surface area contributed by atoms with E-state index in [0.29, 0.717) is 10.9 Å². The van der Waals surface area contributed by atoms with Gasteiger partial charge in [0.1, 0.15) is 18.2 Å². The third-order valence-electron chi connectivity index (χ3n) is 4.06. The zero-order valence-electron chi connectivity index (χ0n) is 15.3. The highest BCUT2D eigenvalue weighted by Crippen LogP contribution is 2.22. The van der Waals surface area contributed by atoms with E-state index in [1.54, 1.807) is 24.3 Å². The van der Waals surface area contributed by atoms with Crippen LogP contribution in [-0.2, 0) is 25.6 Å². The zero-order chi connectivity index (χ0) is 21.0. The van der Waals surface area contributed by atoms with Crippen molar-refractivity contribution in [1.82, 2.24) is 4.57 Å². The lowest BCUT2D eigenvalue weighted by molar-refractivity contribution is -0.147. The zero-order valence-corrected chi connectivity index (χ0v) is 15.3. The molecule has 0 bridgehead atoms. The number of benzene rings is 2. The number of methoxy groups -OCH3 is 1. The molecular weight excluding hydrogens is 386 g/mol. The lowest BCUT2D eigenvalue weighted by atomic mass is 10.2. The van der Waals surface area contributed by atoms with Gasteiger partial charge in [0.15, 0.2) is 6.61 Å². The number of esters is 2. The van der Waals surface area contributed by atoms with Gasteiger partial charge in [-0.25, -0.2) is 13.6 Å². The van der Waals surface area contributed by atoms with Gasteiger partial charge in [0.25, 0.3) is 5.91 Å². The monoisotopic (exact) mass is 402 g/mol. The molecule has 3 aromatic rings. The van der Waals surface area contributed by atoms with Crippen LogP contribution in [0.25, 0.3) is 10.9 Å². The largest absolute Gasteiger partial charge is 0.465 e. The van der Waals surface area contributed by atoms with Gasteiger partial charge in [0.2, 0.25) is 0 Å². The van der Waals surface area contributed by atoms with Gasteiger partial charge in [-0.3, -0.25) is 9.59 Å². The topological polar surface area (TPSA) is 86.6 Å². The molecule has 0 aliphatic carbocycles. The Bertz CT molecular complexity index is 1090. The molecule has 1 N–H and O–H groups in total. The van der Waals surface area contributed by atoms with Crippen LogP contribution in [0.3, 0.4) is 0 Å². The van der Waals surface area contributed by atoms with Crippen molar-refractivity contribution < 1.29 is 32.6 Å². The fourth-order valence-electron chi connectivity index (χ4n) is 2.76. The number of hydrogen-bond donors (Lipinski definition) is 1. The number of carbonyl (C=O) groups excluding carboxylic acids is 3. The number of halogens is 2. The van der Waals surface area contributed by atoms with Crippen LogP contribution in [0.15, 0.2) is 48.7 Å². The number of rotatable bonds is 6. The van der Waals surface area contributed by atoms with Crippen LogP contribution in [0, 0.1) is 11.6 Å². The molecule has 1 heterocycles. The third kappa shape index (κ3) is 4.57. The van der Waals surface area contributed by atoms with E-state index in [2.05, 4.69) is 5.32 Å². The summed E-state index contributed by atoms with van der Waals surface area (Å²) in [7, 11) is 1.25. The maximum absolute atomic E-state index is 13.5. The second-order valence-corrected chi connectivity index (χ2v) is 6.01. The molecule has 0 fully saturated rings. The van der Waals surface area contributed by atoms with E-state index in [1.165, 1.54) is 17.9 Å². The lowest BCUT2D eigenvalue weighted by Gasteiger charge is -2.08. The molecule has 1 amide bonds. The minimum atomic E-state index is -0.824. The van der Waals surface area contributed by atoms with Gasteiger partial charge in [0.05, 0.1) is 18.4 Å². The average molecular weight is 402 g/mol. The van der Waals surface area contributed by atoms with Crippen molar-refractivity contribution in [3.05, 3.63) is 65.9 Å². The first-order valence-corrected chi connectivity index (χ1v) is 8.45. The molecule has 7 nitrogen and oxygen atoms in total. The molecule has 2 aromatic carbocycles. The Kier molecular flexibility index (Phi) is 5.87. The Labute approximate surface area is 163 Å². The summed E-state index contributed by atoms with van der Waals surface area (Å²) in [5.41, 5.74) is 0.538. The van der Waals surface area contributed by atoms with Gasteiger partial charge in [-0.05, 0) is 18.2 Å². The summed E-state index contributed by atoms with van der Waals surface area (Å²) in [4.78, 5) is 35.8. The van der Waals surface area contributed by atoms with Crippen molar-refractivity contribution in [2.24, 2.45) is 0 Å². The lowest BCUT2D eigenvalue weighted by Crippen LogP contribution is -2.23. The Morgan fingerprint density at radius 2 is 1.86 bits per heavy atom. The summed E-state index contributed by atoms with van der Waals surface area (Å²) >= 11 is 0. The molecule has 1 aromatic heterocycles. The van der Waals surface area contributed by atoms with Crippen LogP contribution < -0.4 is 5.32 Å². The number of ether oxygens (including phenoxy) is 2. The fraction of sp³-hybridized carbons (Fsp3) is 0.150. The quantitative estimate of drug-likeness (QED) is 0.641. The van der Waals surface area contributed by atoms with Crippen LogP contribution in [0.1, 0.15) is 10.4 Å². The molecule has 0 saturated heterocycles. The number of fused-ring (bicyclic) bond motifs is 1. The molecule has 150 valence electrons. The van der Waals surface area contributed by atoms with E-state index in [4.69, 9.17) is 9.47 Å². The average Bonchev–Trinajstić information content (AvgIpc) is 3.07. The maximum atomic E-state index is 13.5. The van der Waals surface area contributed by atoms with Crippen LogP contribution in [0.2, 0.25) is 0 Å². The predicted octanol–water partition coefficient (Wildman–Crippen LogP) is 2.89. The van der Waals surface area contributed by atoms with Crippen molar-refractivity contribution >= 4 is 34.4 Å².